The molecule has 0 radical (unpaired) electrons. The van der Waals surface area contributed by atoms with Crippen LogP contribution in [0.1, 0.15) is 23.6 Å². The highest BCUT2D eigenvalue weighted by molar-refractivity contribution is 5.58. The molecule has 3 N–H and O–H groups in total. The number of nitrogen functional groups attached to an aromatic ring is 1. The molecule has 106 valence electrons. The summed E-state index contributed by atoms with van der Waals surface area (Å²) in [6, 6.07) is 8.52. The molecule has 1 aromatic carbocycles. The molecule has 0 amide bonds. The molecule has 0 bridgehead atoms. The van der Waals surface area contributed by atoms with Crippen molar-refractivity contribution < 1.29 is 0 Å². The number of hydrogen-bond donors (Lipinski definition) is 2. The maximum atomic E-state index is 5.51. The van der Waals surface area contributed by atoms with E-state index in [1.54, 1.807) is 0 Å². The van der Waals surface area contributed by atoms with Gasteiger partial charge in [0.05, 0.1) is 0 Å². The first kappa shape index (κ1) is 14.3. The van der Waals surface area contributed by atoms with E-state index in [4.69, 9.17) is 5.84 Å². The average Bonchev–Trinajstić information content (AvgIpc) is 2.48. The topological polar surface area (TPSA) is 67.1 Å². The Kier molecular flexibility index (Phi) is 4.53. The minimum Gasteiger partial charge on any atom is -0.355 e. The van der Waals surface area contributed by atoms with Crippen LogP contribution in [0.25, 0.3) is 0 Å². The summed E-state index contributed by atoms with van der Waals surface area (Å²) in [5.41, 5.74) is 6.18. The third-order valence-corrected chi connectivity index (χ3v) is 3.31. The van der Waals surface area contributed by atoms with Crippen molar-refractivity contribution in [2.24, 2.45) is 5.84 Å². The van der Waals surface area contributed by atoms with E-state index in [0.29, 0.717) is 5.82 Å². The first-order valence-corrected chi connectivity index (χ1v) is 6.72. The second kappa shape index (κ2) is 6.34. The van der Waals surface area contributed by atoms with E-state index in [-0.39, 0.29) is 0 Å². The lowest BCUT2D eigenvalue weighted by molar-refractivity contribution is 0.870. The van der Waals surface area contributed by atoms with Gasteiger partial charge in [0, 0.05) is 19.2 Å². The normalized spacial score (nSPS) is 10.4. The second-order valence-corrected chi connectivity index (χ2v) is 4.86. The number of rotatable bonds is 5. The Labute approximate surface area is 119 Å². The van der Waals surface area contributed by atoms with E-state index >= 15 is 0 Å². The van der Waals surface area contributed by atoms with Crippen LogP contribution in [0.5, 0.6) is 0 Å². The van der Waals surface area contributed by atoms with Gasteiger partial charge in [0.1, 0.15) is 18.0 Å². The summed E-state index contributed by atoms with van der Waals surface area (Å²) < 4.78 is 0. The summed E-state index contributed by atoms with van der Waals surface area (Å²) in [4.78, 5) is 10.7. The molecule has 0 saturated heterocycles. The predicted molar refractivity (Wildman–Crippen MR) is 82.5 cm³/mol. The molecule has 0 aliphatic rings. The van der Waals surface area contributed by atoms with Crippen molar-refractivity contribution in [2.75, 3.05) is 17.4 Å². The number of hydrogen-bond acceptors (Lipinski definition) is 5. The van der Waals surface area contributed by atoms with Gasteiger partial charge in [0.15, 0.2) is 0 Å². The van der Waals surface area contributed by atoms with Crippen molar-refractivity contribution in [3.05, 3.63) is 47.3 Å². The van der Waals surface area contributed by atoms with Gasteiger partial charge in [0.2, 0.25) is 0 Å². The second-order valence-electron chi connectivity index (χ2n) is 4.86. The fourth-order valence-corrected chi connectivity index (χ4v) is 2.22. The Bertz CT molecular complexity index is 565. The Morgan fingerprint density at radius 2 is 1.90 bits per heavy atom. The summed E-state index contributed by atoms with van der Waals surface area (Å²) in [5.74, 6) is 7.11. The van der Waals surface area contributed by atoms with Crippen LogP contribution in [0, 0.1) is 6.92 Å². The lowest BCUT2D eigenvalue weighted by atomic mass is 10.1. The number of benzene rings is 1. The van der Waals surface area contributed by atoms with Gasteiger partial charge in [-0.3, -0.25) is 0 Å². The molecule has 1 aromatic heterocycles. The molecule has 1 heterocycles. The molecule has 2 rings (SSSR count). The zero-order valence-corrected chi connectivity index (χ0v) is 12.2. The first-order valence-electron chi connectivity index (χ1n) is 6.72. The molecular weight excluding hydrogens is 250 g/mol. The van der Waals surface area contributed by atoms with E-state index < -0.39 is 0 Å². The van der Waals surface area contributed by atoms with Gasteiger partial charge in [-0.25, -0.2) is 15.8 Å². The van der Waals surface area contributed by atoms with Gasteiger partial charge in [-0.2, -0.15) is 0 Å². The van der Waals surface area contributed by atoms with E-state index in [9.17, 15) is 0 Å². The quantitative estimate of drug-likeness (QED) is 0.645. The molecule has 5 nitrogen and oxygen atoms in total. The molecule has 0 atom stereocenters. The van der Waals surface area contributed by atoms with E-state index in [2.05, 4.69) is 58.4 Å². The van der Waals surface area contributed by atoms with Gasteiger partial charge in [-0.15, -0.1) is 0 Å². The lowest BCUT2D eigenvalue weighted by Crippen LogP contribution is -2.21. The molecule has 0 saturated carbocycles. The monoisotopic (exact) mass is 271 g/mol. The van der Waals surface area contributed by atoms with Crippen LogP contribution in [-0.4, -0.2) is 17.0 Å². The SMILES string of the molecule is CCc1c(NN)ncnc1N(C)Cc1ccc(C)cc1. The lowest BCUT2D eigenvalue weighted by Gasteiger charge is -2.22. The van der Waals surface area contributed by atoms with Crippen LogP contribution < -0.4 is 16.2 Å². The number of aryl methyl sites for hydroxylation is 1. The number of hydrazine groups is 1. The van der Waals surface area contributed by atoms with Gasteiger partial charge < -0.3 is 10.3 Å². The van der Waals surface area contributed by atoms with Crippen LogP contribution in [0.3, 0.4) is 0 Å². The van der Waals surface area contributed by atoms with E-state index in [0.717, 1.165) is 24.3 Å². The summed E-state index contributed by atoms with van der Waals surface area (Å²) in [5, 5.41) is 0. The van der Waals surface area contributed by atoms with Gasteiger partial charge in [-0.1, -0.05) is 36.8 Å². The number of nitrogens with zero attached hydrogens (tertiary/aromatic N) is 3. The smallest absolute Gasteiger partial charge is 0.148 e. The van der Waals surface area contributed by atoms with Crippen molar-refractivity contribution >= 4 is 11.6 Å². The minimum atomic E-state index is 0.688. The summed E-state index contributed by atoms with van der Waals surface area (Å²) in [6.45, 7) is 4.96. The van der Waals surface area contributed by atoms with Crippen LogP contribution in [0.2, 0.25) is 0 Å². The van der Waals surface area contributed by atoms with Gasteiger partial charge >= 0.3 is 0 Å². The van der Waals surface area contributed by atoms with Crippen molar-refractivity contribution in [3.8, 4) is 0 Å². The average molecular weight is 271 g/mol. The Morgan fingerprint density at radius 1 is 1.20 bits per heavy atom. The number of anilines is 2. The Morgan fingerprint density at radius 3 is 2.50 bits per heavy atom. The molecule has 0 aliphatic carbocycles. The summed E-state index contributed by atoms with van der Waals surface area (Å²) in [7, 11) is 2.03. The number of nitrogens with one attached hydrogen (secondary N) is 1. The van der Waals surface area contributed by atoms with Crippen molar-refractivity contribution in [2.45, 2.75) is 26.8 Å². The van der Waals surface area contributed by atoms with Crippen LogP contribution in [0.4, 0.5) is 11.6 Å². The third-order valence-electron chi connectivity index (χ3n) is 3.31. The first-order chi connectivity index (χ1) is 9.65. The molecular formula is C15H21N5. The Balaban J connectivity index is 2.24. The van der Waals surface area contributed by atoms with Crippen molar-refractivity contribution in [1.82, 2.24) is 9.97 Å². The van der Waals surface area contributed by atoms with Gasteiger partial charge in [0.25, 0.3) is 0 Å². The van der Waals surface area contributed by atoms with Crippen LogP contribution >= 0.6 is 0 Å². The summed E-state index contributed by atoms with van der Waals surface area (Å²) >= 11 is 0. The molecule has 0 fully saturated rings. The largest absolute Gasteiger partial charge is 0.355 e. The van der Waals surface area contributed by atoms with Crippen molar-refractivity contribution in [1.29, 1.82) is 0 Å². The van der Waals surface area contributed by atoms with Crippen LogP contribution in [0.15, 0.2) is 30.6 Å². The highest BCUT2D eigenvalue weighted by Gasteiger charge is 2.13. The molecule has 0 unspecified atom stereocenters. The number of aromatic nitrogens is 2. The highest BCUT2D eigenvalue weighted by Crippen LogP contribution is 2.23. The fraction of sp³-hybridized carbons (Fsp3) is 0.333. The third kappa shape index (κ3) is 3.05. The molecule has 0 spiro atoms. The van der Waals surface area contributed by atoms with E-state index in [1.807, 2.05) is 7.05 Å². The minimum absolute atomic E-state index is 0.688. The zero-order valence-electron chi connectivity index (χ0n) is 12.2. The molecule has 2 aromatic rings. The van der Waals surface area contributed by atoms with E-state index in [1.165, 1.54) is 17.5 Å². The standard InChI is InChI=1S/C15H21N5/c1-4-13-14(19-16)17-10-18-15(13)20(3)9-12-7-5-11(2)6-8-12/h5-8,10H,4,9,16H2,1-3H3,(H,17,18,19). The summed E-state index contributed by atoms with van der Waals surface area (Å²) in [6.07, 6.45) is 2.36. The fourth-order valence-electron chi connectivity index (χ4n) is 2.22. The predicted octanol–water partition coefficient (Wildman–Crippen LogP) is 2.27. The Hall–Kier alpha value is -2.14. The molecule has 0 aliphatic heterocycles. The molecule has 5 heteroatoms. The zero-order chi connectivity index (χ0) is 14.5. The maximum Gasteiger partial charge on any atom is 0.148 e. The van der Waals surface area contributed by atoms with Crippen molar-refractivity contribution in [3.63, 3.8) is 0 Å². The van der Waals surface area contributed by atoms with Crippen LogP contribution in [-0.2, 0) is 13.0 Å². The molecule has 20 heavy (non-hydrogen) atoms. The maximum absolute atomic E-state index is 5.51. The number of nitrogens with two attached hydrogens (primary N) is 1. The van der Waals surface area contributed by atoms with Gasteiger partial charge in [-0.05, 0) is 18.9 Å². The highest BCUT2D eigenvalue weighted by atomic mass is 15.3.